The maximum Gasteiger partial charge on any atom is 0.175 e. The molecule has 1 aromatic rings. The highest BCUT2D eigenvalue weighted by Crippen LogP contribution is 2.14. The summed E-state index contributed by atoms with van der Waals surface area (Å²) in [5.74, 6) is 2.37. The van der Waals surface area contributed by atoms with E-state index in [4.69, 9.17) is 12.2 Å². The summed E-state index contributed by atoms with van der Waals surface area (Å²) in [6.45, 7) is 0. The summed E-state index contributed by atoms with van der Waals surface area (Å²) in [7, 11) is -3.14. The van der Waals surface area contributed by atoms with Gasteiger partial charge in [0.2, 0.25) is 0 Å². The van der Waals surface area contributed by atoms with Gasteiger partial charge in [0.05, 0.1) is 10.9 Å². The Kier molecular flexibility index (Phi) is 2.94. The molecule has 14 heavy (non-hydrogen) atoms. The SMILES string of the molecule is C#CC(N)c1ccc(S(C)(=O)=O)cc1. The molecule has 0 bridgehead atoms. The number of sulfone groups is 1. The molecule has 0 aliphatic heterocycles. The third-order valence-corrected chi connectivity index (χ3v) is 2.98. The lowest BCUT2D eigenvalue weighted by molar-refractivity contribution is 0.602. The van der Waals surface area contributed by atoms with Crippen molar-refractivity contribution in [3.63, 3.8) is 0 Å². The molecular weight excluding hydrogens is 198 g/mol. The highest BCUT2D eigenvalue weighted by Gasteiger charge is 2.07. The number of benzene rings is 1. The van der Waals surface area contributed by atoms with Gasteiger partial charge in [-0.2, -0.15) is 0 Å². The number of hydrogen-bond donors (Lipinski definition) is 1. The highest BCUT2D eigenvalue weighted by atomic mass is 32.2. The summed E-state index contributed by atoms with van der Waals surface area (Å²) in [5.41, 5.74) is 6.30. The van der Waals surface area contributed by atoms with Gasteiger partial charge in [0.1, 0.15) is 0 Å². The zero-order valence-corrected chi connectivity index (χ0v) is 8.58. The third kappa shape index (κ3) is 2.34. The van der Waals surface area contributed by atoms with Crippen LogP contribution in [0.1, 0.15) is 11.6 Å². The molecule has 0 amide bonds. The Hall–Kier alpha value is -1.31. The van der Waals surface area contributed by atoms with Crippen LogP contribution >= 0.6 is 0 Å². The van der Waals surface area contributed by atoms with Crippen molar-refractivity contribution >= 4 is 9.84 Å². The lowest BCUT2D eigenvalue weighted by Crippen LogP contribution is -2.07. The number of nitrogens with two attached hydrogens (primary N) is 1. The second-order valence-corrected chi connectivity index (χ2v) is 5.00. The van der Waals surface area contributed by atoms with E-state index in [1.165, 1.54) is 12.1 Å². The molecule has 1 aromatic carbocycles. The van der Waals surface area contributed by atoms with Gasteiger partial charge in [-0.05, 0) is 17.7 Å². The molecule has 0 aromatic heterocycles. The molecule has 0 fully saturated rings. The van der Waals surface area contributed by atoms with Gasteiger partial charge in [-0.15, -0.1) is 6.42 Å². The molecule has 1 rings (SSSR count). The van der Waals surface area contributed by atoms with Crippen LogP contribution in [0.4, 0.5) is 0 Å². The minimum absolute atomic E-state index is 0.269. The van der Waals surface area contributed by atoms with Crippen LogP contribution in [-0.2, 0) is 9.84 Å². The number of hydrogen-bond acceptors (Lipinski definition) is 3. The standard InChI is InChI=1S/C10H11NO2S/c1-3-10(11)8-4-6-9(7-5-8)14(2,12)13/h1,4-7,10H,11H2,2H3. The van der Waals surface area contributed by atoms with E-state index >= 15 is 0 Å². The average molecular weight is 209 g/mol. The van der Waals surface area contributed by atoms with E-state index in [0.29, 0.717) is 0 Å². The average Bonchev–Trinajstić information content (AvgIpc) is 2.15. The van der Waals surface area contributed by atoms with E-state index in [9.17, 15) is 8.42 Å². The topological polar surface area (TPSA) is 60.2 Å². The first kappa shape index (κ1) is 10.8. The van der Waals surface area contributed by atoms with Crippen molar-refractivity contribution < 1.29 is 8.42 Å². The monoisotopic (exact) mass is 209 g/mol. The lowest BCUT2D eigenvalue weighted by Gasteiger charge is -2.05. The molecule has 1 atom stereocenters. The zero-order chi connectivity index (χ0) is 10.8. The molecule has 0 radical (unpaired) electrons. The van der Waals surface area contributed by atoms with Crippen molar-refractivity contribution in [2.24, 2.45) is 5.73 Å². The van der Waals surface area contributed by atoms with Crippen molar-refractivity contribution in [3.8, 4) is 12.3 Å². The van der Waals surface area contributed by atoms with E-state index in [1.54, 1.807) is 12.1 Å². The van der Waals surface area contributed by atoms with Crippen LogP contribution in [0.3, 0.4) is 0 Å². The number of terminal acetylenes is 1. The summed E-state index contributed by atoms with van der Waals surface area (Å²) in [6, 6.07) is 5.77. The Balaban J connectivity index is 3.09. The van der Waals surface area contributed by atoms with Crippen molar-refractivity contribution in [3.05, 3.63) is 29.8 Å². The van der Waals surface area contributed by atoms with Gasteiger partial charge < -0.3 is 5.73 Å². The van der Waals surface area contributed by atoms with Crippen LogP contribution in [0.5, 0.6) is 0 Å². The predicted molar refractivity (Wildman–Crippen MR) is 55.3 cm³/mol. The summed E-state index contributed by atoms with van der Waals surface area (Å²) in [6.07, 6.45) is 6.29. The summed E-state index contributed by atoms with van der Waals surface area (Å²) in [5, 5.41) is 0. The van der Waals surface area contributed by atoms with Crippen LogP contribution in [0.25, 0.3) is 0 Å². The van der Waals surface area contributed by atoms with Gasteiger partial charge >= 0.3 is 0 Å². The fourth-order valence-electron chi connectivity index (χ4n) is 1.02. The summed E-state index contributed by atoms with van der Waals surface area (Å²) < 4.78 is 22.2. The van der Waals surface area contributed by atoms with Crippen LogP contribution in [0, 0.1) is 12.3 Å². The van der Waals surface area contributed by atoms with E-state index in [0.717, 1.165) is 11.8 Å². The summed E-state index contributed by atoms with van der Waals surface area (Å²) in [4.78, 5) is 0.269. The first-order valence-electron chi connectivity index (χ1n) is 3.97. The van der Waals surface area contributed by atoms with Gasteiger partial charge in [-0.3, -0.25) is 0 Å². The second-order valence-electron chi connectivity index (χ2n) is 2.99. The molecule has 74 valence electrons. The van der Waals surface area contributed by atoms with Crippen molar-refractivity contribution in [1.82, 2.24) is 0 Å². The molecule has 0 aliphatic rings. The largest absolute Gasteiger partial charge is 0.314 e. The van der Waals surface area contributed by atoms with E-state index in [1.807, 2.05) is 0 Å². The van der Waals surface area contributed by atoms with Crippen LogP contribution in [0.2, 0.25) is 0 Å². The van der Waals surface area contributed by atoms with E-state index in [-0.39, 0.29) is 4.90 Å². The number of rotatable bonds is 2. The van der Waals surface area contributed by atoms with Crippen LogP contribution in [-0.4, -0.2) is 14.7 Å². The fraction of sp³-hybridized carbons (Fsp3) is 0.200. The van der Waals surface area contributed by atoms with Crippen LogP contribution in [0.15, 0.2) is 29.2 Å². The third-order valence-electron chi connectivity index (χ3n) is 1.85. The van der Waals surface area contributed by atoms with Gasteiger partial charge in [-0.25, -0.2) is 8.42 Å². The zero-order valence-electron chi connectivity index (χ0n) is 7.77. The normalized spacial score (nSPS) is 13.2. The van der Waals surface area contributed by atoms with Crippen molar-refractivity contribution in [1.29, 1.82) is 0 Å². The van der Waals surface area contributed by atoms with E-state index in [2.05, 4.69) is 5.92 Å². The van der Waals surface area contributed by atoms with Crippen molar-refractivity contribution in [2.45, 2.75) is 10.9 Å². The van der Waals surface area contributed by atoms with Gasteiger partial charge in [-0.1, -0.05) is 18.1 Å². The van der Waals surface area contributed by atoms with Gasteiger partial charge in [0.15, 0.2) is 9.84 Å². The molecule has 0 saturated carbocycles. The van der Waals surface area contributed by atoms with Crippen LogP contribution < -0.4 is 5.73 Å². The Morgan fingerprint density at radius 3 is 2.21 bits per heavy atom. The predicted octanol–water partition coefficient (Wildman–Crippen LogP) is 0.723. The Morgan fingerprint density at radius 2 is 1.86 bits per heavy atom. The highest BCUT2D eigenvalue weighted by molar-refractivity contribution is 7.90. The molecular formula is C10H11NO2S. The maximum atomic E-state index is 11.1. The smallest absolute Gasteiger partial charge is 0.175 e. The molecule has 0 aliphatic carbocycles. The molecule has 0 heterocycles. The second kappa shape index (κ2) is 3.82. The molecule has 0 spiro atoms. The Labute approximate surface area is 83.9 Å². The molecule has 0 saturated heterocycles. The lowest BCUT2D eigenvalue weighted by atomic mass is 10.1. The molecule has 1 unspecified atom stereocenters. The molecule has 2 N–H and O–H groups in total. The summed E-state index contributed by atoms with van der Waals surface area (Å²) >= 11 is 0. The molecule has 4 heteroatoms. The Morgan fingerprint density at radius 1 is 1.36 bits per heavy atom. The maximum absolute atomic E-state index is 11.1. The van der Waals surface area contributed by atoms with Gasteiger partial charge in [0.25, 0.3) is 0 Å². The fourth-order valence-corrected chi connectivity index (χ4v) is 1.65. The minimum atomic E-state index is -3.14. The van der Waals surface area contributed by atoms with E-state index < -0.39 is 15.9 Å². The first-order valence-corrected chi connectivity index (χ1v) is 5.86. The Bertz CT molecular complexity index is 454. The minimum Gasteiger partial charge on any atom is -0.314 e. The quantitative estimate of drug-likeness (QED) is 0.730. The first-order chi connectivity index (χ1) is 6.45. The van der Waals surface area contributed by atoms with Gasteiger partial charge in [0, 0.05) is 6.26 Å². The van der Waals surface area contributed by atoms with Crippen molar-refractivity contribution in [2.75, 3.05) is 6.26 Å². The molecule has 3 nitrogen and oxygen atoms in total.